The second-order valence-electron chi connectivity index (χ2n) is 9.69. The Kier molecular flexibility index (Phi) is 7.92. The summed E-state index contributed by atoms with van der Waals surface area (Å²) in [5.41, 5.74) is 4.10. The van der Waals surface area contributed by atoms with E-state index in [0.717, 1.165) is 22.3 Å². The van der Waals surface area contributed by atoms with Gasteiger partial charge >= 0.3 is 5.97 Å². The number of thiazole rings is 1. The van der Waals surface area contributed by atoms with Gasteiger partial charge in [-0.1, -0.05) is 114 Å². The second-order valence-corrected chi connectivity index (χ2v) is 10.7. The fourth-order valence-corrected chi connectivity index (χ4v) is 5.98. The Bertz CT molecular complexity index is 1930. The van der Waals surface area contributed by atoms with Gasteiger partial charge in [0, 0.05) is 5.56 Å². The number of carbonyl (C=O) groups excluding carboxylic acids is 1. The van der Waals surface area contributed by atoms with Gasteiger partial charge in [0.15, 0.2) is 4.80 Å². The van der Waals surface area contributed by atoms with Crippen LogP contribution in [-0.4, -0.2) is 17.1 Å². The van der Waals surface area contributed by atoms with E-state index in [4.69, 9.17) is 14.5 Å². The third-order valence-corrected chi connectivity index (χ3v) is 7.88. The zero-order valence-corrected chi connectivity index (χ0v) is 23.8. The highest BCUT2D eigenvalue weighted by molar-refractivity contribution is 7.07. The minimum absolute atomic E-state index is 0.207. The van der Waals surface area contributed by atoms with Crippen LogP contribution in [0.2, 0.25) is 0 Å². The molecule has 0 saturated heterocycles. The van der Waals surface area contributed by atoms with E-state index in [0.29, 0.717) is 33.0 Å². The lowest BCUT2D eigenvalue weighted by atomic mass is 9.93. The van der Waals surface area contributed by atoms with Gasteiger partial charge in [-0.05, 0) is 41.8 Å². The highest BCUT2D eigenvalue weighted by Gasteiger charge is 2.35. The van der Waals surface area contributed by atoms with Gasteiger partial charge in [0.05, 0.1) is 28.5 Å². The lowest BCUT2D eigenvalue weighted by molar-refractivity contribution is -0.138. The van der Waals surface area contributed by atoms with Crippen LogP contribution in [0.5, 0.6) is 5.75 Å². The van der Waals surface area contributed by atoms with Crippen LogP contribution in [0.3, 0.4) is 0 Å². The zero-order chi connectivity index (χ0) is 28.9. The Morgan fingerprint density at radius 2 is 1.60 bits per heavy atom. The van der Waals surface area contributed by atoms with Crippen LogP contribution in [0.15, 0.2) is 131 Å². The van der Waals surface area contributed by atoms with Crippen LogP contribution in [0.1, 0.15) is 35.2 Å². The molecule has 0 bridgehead atoms. The van der Waals surface area contributed by atoms with Gasteiger partial charge in [0.2, 0.25) is 0 Å². The number of hydrogen-bond donors (Lipinski definition) is 0. The predicted molar refractivity (Wildman–Crippen MR) is 165 cm³/mol. The number of benzene rings is 4. The number of ether oxygens (including phenoxy) is 2. The minimum Gasteiger partial charge on any atom is -0.489 e. The Balaban J connectivity index is 1.48. The molecule has 0 radical (unpaired) electrons. The molecule has 0 amide bonds. The van der Waals surface area contributed by atoms with Gasteiger partial charge in [-0.25, -0.2) is 9.79 Å². The summed E-state index contributed by atoms with van der Waals surface area (Å²) < 4.78 is 13.6. The molecule has 0 fully saturated rings. The van der Waals surface area contributed by atoms with Crippen molar-refractivity contribution >= 4 is 29.1 Å². The van der Waals surface area contributed by atoms with Crippen LogP contribution >= 0.6 is 11.3 Å². The lowest BCUT2D eigenvalue weighted by Crippen LogP contribution is -2.39. The molecule has 2 heterocycles. The second kappa shape index (κ2) is 12.2. The molecule has 7 heteroatoms. The number of carbonyl (C=O) groups is 1. The number of rotatable bonds is 8. The van der Waals surface area contributed by atoms with Crippen molar-refractivity contribution in [1.29, 1.82) is 0 Å². The summed E-state index contributed by atoms with van der Waals surface area (Å²) >= 11 is 1.30. The first kappa shape index (κ1) is 27.2. The van der Waals surface area contributed by atoms with E-state index in [1.807, 2.05) is 121 Å². The first-order valence-electron chi connectivity index (χ1n) is 13.7. The standard InChI is InChI=1S/C35H28N2O4S/c1-2-40-34(39)30-31(26-16-8-4-9-17-26)36-35-37(32(30)27-18-10-5-11-19-27)33(38)29(42-35)22-25-15-12-20-28(21-25)41-23-24-13-6-3-7-14-24/h3-22,32H,2,23H2,1H3/b29-22+/t32-/m1/s1. The molecule has 0 aliphatic carbocycles. The normalized spacial score (nSPS) is 14.7. The Morgan fingerprint density at radius 3 is 2.31 bits per heavy atom. The molecular formula is C35H28N2O4S. The summed E-state index contributed by atoms with van der Waals surface area (Å²) in [5.74, 6) is 0.213. The van der Waals surface area contributed by atoms with Crippen molar-refractivity contribution in [2.75, 3.05) is 6.61 Å². The Hall–Kier alpha value is -5.01. The smallest absolute Gasteiger partial charge is 0.338 e. The molecule has 208 valence electrons. The molecule has 4 aromatic carbocycles. The number of hydrogen-bond acceptors (Lipinski definition) is 6. The molecule has 1 aliphatic heterocycles. The fraction of sp³-hybridized carbons (Fsp3) is 0.114. The van der Waals surface area contributed by atoms with Crippen molar-refractivity contribution in [3.05, 3.63) is 163 Å². The molecule has 1 aliphatic rings. The lowest BCUT2D eigenvalue weighted by Gasteiger charge is -2.25. The third-order valence-electron chi connectivity index (χ3n) is 6.89. The molecule has 0 unspecified atom stereocenters. The molecule has 6 rings (SSSR count). The molecular weight excluding hydrogens is 544 g/mol. The van der Waals surface area contributed by atoms with Crippen molar-refractivity contribution in [3.63, 3.8) is 0 Å². The van der Waals surface area contributed by atoms with Crippen LogP contribution in [0, 0.1) is 0 Å². The Morgan fingerprint density at radius 1 is 0.905 bits per heavy atom. The van der Waals surface area contributed by atoms with Crippen molar-refractivity contribution in [1.82, 2.24) is 4.57 Å². The van der Waals surface area contributed by atoms with Gasteiger partial charge in [-0.3, -0.25) is 9.36 Å². The van der Waals surface area contributed by atoms with Gasteiger partial charge < -0.3 is 9.47 Å². The SMILES string of the molecule is CCOC(=O)C1=C(c2ccccc2)N=c2s/c(=C/c3cccc(OCc4ccccc4)c3)c(=O)n2[C@@H]1c1ccccc1. The molecule has 0 N–H and O–H groups in total. The summed E-state index contributed by atoms with van der Waals surface area (Å²) in [4.78, 5) is 33.0. The number of aromatic nitrogens is 1. The van der Waals surface area contributed by atoms with E-state index in [1.54, 1.807) is 11.5 Å². The molecule has 0 saturated carbocycles. The number of fused-ring (bicyclic) bond motifs is 1. The quantitative estimate of drug-likeness (QED) is 0.230. The van der Waals surface area contributed by atoms with Crippen LogP contribution in [0.25, 0.3) is 11.8 Å². The van der Waals surface area contributed by atoms with Crippen LogP contribution in [0.4, 0.5) is 0 Å². The summed E-state index contributed by atoms with van der Waals surface area (Å²) in [7, 11) is 0. The van der Waals surface area contributed by atoms with E-state index in [9.17, 15) is 9.59 Å². The molecule has 0 spiro atoms. The van der Waals surface area contributed by atoms with Gasteiger partial charge in [-0.2, -0.15) is 0 Å². The maximum absolute atomic E-state index is 14.0. The first-order valence-corrected chi connectivity index (χ1v) is 14.5. The van der Waals surface area contributed by atoms with Crippen LogP contribution < -0.4 is 19.6 Å². The fourth-order valence-electron chi connectivity index (χ4n) is 4.98. The molecule has 6 nitrogen and oxygen atoms in total. The van der Waals surface area contributed by atoms with Crippen molar-refractivity contribution in [2.45, 2.75) is 19.6 Å². The highest BCUT2D eigenvalue weighted by atomic mass is 32.1. The summed E-state index contributed by atoms with van der Waals surface area (Å²) in [6.07, 6.45) is 1.84. The average molecular weight is 573 g/mol. The van der Waals surface area contributed by atoms with Crippen molar-refractivity contribution < 1.29 is 14.3 Å². The topological polar surface area (TPSA) is 69.9 Å². The summed E-state index contributed by atoms with van der Waals surface area (Å²) in [6.45, 7) is 2.42. The highest BCUT2D eigenvalue weighted by Crippen LogP contribution is 2.35. The summed E-state index contributed by atoms with van der Waals surface area (Å²) in [5, 5.41) is 0. The maximum atomic E-state index is 14.0. The van der Waals surface area contributed by atoms with Gasteiger partial charge in [0.1, 0.15) is 12.4 Å². The predicted octanol–water partition coefficient (Wildman–Crippen LogP) is 5.51. The first-order chi connectivity index (χ1) is 20.6. The van der Waals surface area contributed by atoms with E-state index in [2.05, 4.69) is 0 Å². The van der Waals surface area contributed by atoms with Crippen LogP contribution in [-0.2, 0) is 16.1 Å². The molecule has 5 aromatic rings. The van der Waals surface area contributed by atoms with Crippen molar-refractivity contribution in [3.8, 4) is 5.75 Å². The number of nitrogens with zero attached hydrogens (tertiary/aromatic N) is 2. The van der Waals surface area contributed by atoms with E-state index in [-0.39, 0.29) is 12.2 Å². The zero-order valence-electron chi connectivity index (χ0n) is 23.0. The summed E-state index contributed by atoms with van der Waals surface area (Å²) in [6, 6.07) is 36.0. The molecule has 1 atom stereocenters. The molecule has 1 aromatic heterocycles. The van der Waals surface area contributed by atoms with E-state index < -0.39 is 12.0 Å². The third kappa shape index (κ3) is 5.60. The van der Waals surface area contributed by atoms with Crippen molar-refractivity contribution in [2.24, 2.45) is 4.99 Å². The maximum Gasteiger partial charge on any atom is 0.338 e. The van der Waals surface area contributed by atoms with Gasteiger partial charge in [-0.15, -0.1) is 0 Å². The average Bonchev–Trinajstić information content (AvgIpc) is 3.35. The minimum atomic E-state index is -0.695. The molecule has 42 heavy (non-hydrogen) atoms. The van der Waals surface area contributed by atoms with E-state index in [1.165, 1.54) is 11.3 Å². The largest absolute Gasteiger partial charge is 0.489 e. The monoisotopic (exact) mass is 572 g/mol. The van der Waals surface area contributed by atoms with Gasteiger partial charge in [0.25, 0.3) is 5.56 Å². The Labute approximate surface area is 247 Å². The number of esters is 1. The van der Waals surface area contributed by atoms with E-state index >= 15 is 0 Å².